The Labute approximate surface area is 121 Å². The lowest BCUT2D eigenvalue weighted by molar-refractivity contribution is 0.876. The lowest BCUT2D eigenvalue weighted by Crippen LogP contribution is -1.94. The monoisotopic (exact) mass is 373 g/mol. The van der Waals surface area contributed by atoms with Crippen LogP contribution in [-0.4, -0.2) is 15.0 Å². The van der Waals surface area contributed by atoms with Crippen LogP contribution < -0.4 is 0 Å². The Kier molecular flexibility index (Phi) is 4.53. The predicted octanol–water partition coefficient (Wildman–Crippen LogP) is 4.11. The van der Waals surface area contributed by atoms with Crippen molar-refractivity contribution < 1.29 is 0 Å². The third kappa shape index (κ3) is 3.76. The van der Waals surface area contributed by atoms with E-state index in [0.29, 0.717) is 0 Å². The third-order valence-corrected chi connectivity index (χ3v) is 3.69. The minimum absolute atomic E-state index is 0.809. The van der Waals surface area contributed by atoms with E-state index in [4.69, 9.17) is 0 Å². The van der Waals surface area contributed by atoms with Crippen LogP contribution in [-0.2, 0) is 6.42 Å². The molecule has 0 aliphatic heterocycles. The van der Waals surface area contributed by atoms with Crippen molar-refractivity contribution in [1.82, 2.24) is 15.0 Å². The average molecular weight is 375 g/mol. The molecule has 0 radical (unpaired) electrons. The summed E-state index contributed by atoms with van der Waals surface area (Å²) < 4.78 is 1.78. The van der Waals surface area contributed by atoms with E-state index >= 15 is 0 Å². The molecule has 0 amide bonds. The quantitative estimate of drug-likeness (QED) is 0.757. The van der Waals surface area contributed by atoms with E-state index in [1.54, 1.807) is 6.20 Å². The van der Waals surface area contributed by atoms with E-state index in [0.717, 1.165) is 31.4 Å². The second-order valence-electron chi connectivity index (χ2n) is 3.22. The molecule has 2 heterocycles. The van der Waals surface area contributed by atoms with Crippen molar-refractivity contribution in [2.45, 2.75) is 23.4 Å². The van der Waals surface area contributed by atoms with E-state index in [1.807, 2.05) is 25.1 Å². The first-order valence-corrected chi connectivity index (χ1v) is 7.40. The molecule has 0 atom stereocenters. The van der Waals surface area contributed by atoms with Gasteiger partial charge in [0, 0.05) is 23.2 Å². The SMILES string of the molecule is CCc1nc(Br)cc(Sc2ccc(Br)cn2)n1. The predicted molar refractivity (Wildman–Crippen MR) is 75.2 cm³/mol. The van der Waals surface area contributed by atoms with Crippen LogP contribution in [0.3, 0.4) is 0 Å². The van der Waals surface area contributed by atoms with Crippen molar-refractivity contribution in [1.29, 1.82) is 0 Å². The van der Waals surface area contributed by atoms with E-state index in [2.05, 4.69) is 46.8 Å². The van der Waals surface area contributed by atoms with Gasteiger partial charge in [-0.15, -0.1) is 0 Å². The maximum absolute atomic E-state index is 4.44. The van der Waals surface area contributed by atoms with Gasteiger partial charge in [-0.05, 0) is 55.8 Å². The molecule has 0 bridgehead atoms. The van der Waals surface area contributed by atoms with Crippen LogP contribution in [0, 0.1) is 0 Å². The summed E-state index contributed by atoms with van der Waals surface area (Å²) in [6, 6.07) is 5.82. The van der Waals surface area contributed by atoms with Gasteiger partial charge >= 0.3 is 0 Å². The number of pyridine rings is 1. The first kappa shape index (κ1) is 13.0. The van der Waals surface area contributed by atoms with Gasteiger partial charge in [0.2, 0.25) is 0 Å². The molecular weight excluding hydrogens is 366 g/mol. The van der Waals surface area contributed by atoms with Crippen molar-refractivity contribution in [3.05, 3.63) is 39.3 Å². The summed E-state index contributed by atoms with van der Waals surface area (Å²) in [6.07, 6.45) is 2.60. The minimum atomic E-state index is 0.809. The smallest absolute Gasteiger partial charge is 0.130 e. The van der Waals surface area contributed by atoms with Crippen LogP contribution in [0.1, 0.15) is 12.7 Å². The van der Waals surface area contributed by atoms with Crippen LogP contribution in [0.5, 0.6) is 0 Å². The summed E-state index contributed by atoms with van der Waals surface area (Å²) in [5, 5.41) is 1.82. The van der Waals surface area contributed by atoms with Gasteiger partial charge in [-0.2, -0.15) is 0 Å². The first-order chi connectivity index (χ1) is 8.17. The summed E-state index contributed by atoms with van der Waals surface area (Å²) in [6.45, 7) is 2.04. The summed E-state index contributed by atoms with van der Waals surface area (Å²) >= 11 is 8.27. The highest BCUT2D eigenvalue weighted by molar-refractivity contribution is 9.10. The van der Waals surface area contributed by atoms with Crippen LogP contribution in [0.15, 0.2) is 43.5 Å². The molecule has 0 aliphatic rings. The molecular formula is C11H9Br2N3S. The molecule has 2 aromatic heterocycles. The molecule has 0 spiro atoms. The van der Waals surface area contributed by atoms with Crippen molar-refractivity contribution in [3.8, 4) is 0 Å². The molecule has 2 aromatic rings. The highest BCUT2D eigenvalue weighted by Gasteiger charge is 2.04. The molecule has 0 saturated heterocycles. The van der Waals surface area contributed by atoms with Crippen LogP contribution in [0.25, 0.3) is 0 Å². The zero-order chi connectivity index (χ0) is 12.3. The molecule has 17 heavy (non-hydrogen) atoms. The van der Waals surface area contributed by atoms with Crippen molar-refractivity contribution in [2.75, 3.05) is 0 Å². The Balaban J connectivity index is 2.23. The van der Waals surface area contributed by atoms with Gasteiger partial charge in [0.15, 0.2) is 0 Å². The third-order valence-electron chi connectivity index (χ3n) is 1.94. The Morgan fingerprint density at radius 3 is 2.65 bits per heavy atom. The van der Waals surface area contributed by atoms with Crippen LogP contribution >= 0.6 is 43.6 Å². The fourth-order valence-electron chi connectivity index (χ4n) is 1.18. The fraction of sp³-hybridized carbons (Fsp3) is 0.182. The number of nitrogens with zero attached hydrogens (tertiary/aromatic N) is 3. The molecule has 2 rings (SSSR count). The van der Waals surface area contributed by atoms with Crippen LogP contribution in [0.4, 0.5) is 0 Å². The molecule has 6 heteroatoms. The van der Waals surface area contributed by atoms with Crippen molar-refractivity contribution >= 4 is 43.6 Å². The topological polar surface area (TPSA) is 38.7 Å². The number of rotatable bonds is 3. The van der Waals surface area contributed by atoms with Crippen molar-refractivity contribution in [3.63, 3.8) is 0 Å². The maximum Gasteiger partial charge on any atom is 0.130 e. The molecule has 88 valence electrons. The second kappa shape index (κ2) is 5.93. The highest BCUT2D eigenvalue weighted by Crippen LogP contribution is 2.26. The molecule has 0 aromatic carbocycles. The molecule has 0 fully saturated rings. The van der Waals surface area contributed by atoms with E-state index in [1.165, 1.54) is 11.8 Å². The Morgan fingerprint density at radius 2 is 2.00 bits per heavy atom. The number of hydrogen-bond acceptors (Lipinski definition) is 4. The maximum atomic E-state index is 4.44. The van der Waals surface area contributed by atoms with E-state index in [9.17, 15) is 0 Å². The fourth-order valence-corrected chi connectivity index (χ4v) is 2.77. The minimum Gasteiger partial charge on any atom is -0.248 e. The average Bonchev–Trinajstić information content (AvgIpc) is 2.31. The summed E-state index contributed by atoms with van der Waals surface area (Å²) in [7, 11) is 0. The zero-order valence-electron chi connectivity index (χ0n) is 9.02. The largest absolute Gasteiger partial charge is 0.248 e. The van der Waals surface area contributed by atoms with Gasteiger partial charge in [0.25, 0.3) is 0 Å². The van der Waals surface area contributed by atoms with Gasteiger partial charge in [-0.25, -0.2) is 15.0 Å². The highest BCUT2D eigenvalue weighted by atomic mass is 79.9. The molecule has 0 saturated carbocycles. The Hall–Kier alpha value is -0.460. The summed E-state index contributed by atoms with van der Waals surface area (Å²) in [4.78, 5) is 13.0. The van der Waals surface area contributed by atoms with Gasteiger partial charge in [0.1, 0.15) is 20.5 Å². The molecule has 0 aliphatic carbocycles. The lowest BCUT2D eigenvalue weighted by Gasteiger charge is -2.03. The van der Waals surface area contributed by atoms with Gasteiger partial charge < -0.3 is 0 Å². The summed E-state index contributed by atoms with van der Waals surface area (Å²) in [5.74, 6) is 0.832. The van der Waals surface area contributed by atoms with E-state index < -0.39 is 0 Å². The van der Waals surface area contributed by atoms with Gasteiger partial charge in [-0.1, -0.05) is 6.92 Å². The molecule has 0 N–H and O–H groups in total. The first-order valence-electron chi connectivity index (χ1n) is 5.00. The number of halogens is 2. The van der Waals surface area contributed by atoms with Gasteiger partial charge in [-0.3, -0.25) is 0 Å². The molecule has 0 unspecified atom stereocenters. The number of hydrogen-bond donors (Lipinski definition) is 0. The second-order valence-corrected chi connectivity index (χ2v) is 5.98. The van der Waals surface area contributed by atoms with Crippen molar-refractivity contribution in [2.24, 2.45) is 0 Å². The number of aromatic nitrogens is 3. The standard InChI is InChI=1S/C11H9Br2N3S/c1-2-9-15-8(13)5-11(16-9)17-10-4-3-7(12)6-14-10/h3-6H,2H2,1H3. The lowest BCUT2D eigenvalue weighted by atomic mass is 10.4. The zero-order valence-corrected chi connectivity index (χ0v) is 13.0. The Morgan fingerprint density at radius 1 is 1.18 bits per heavy atom. The summed E-state index contributed by atoms with van der Waals surface area (Å²) in [5.41, 5.74) is 0. The van der Waals surface area contributed by atoms with Gasteiger partial charge in [0.05, 0.1) is 0 Å². The van der Waals surface area contributed by atoms with E-state index in [-0.39, 0.29) is 0 Å². The Bertz CT molecular complexity index is 517. The van der Waals surface area contributed by atoms with Crippen LogP contribution in [0.2, 0.25) is 0 Å². The molecule has 3 nitrogen and oxygen atoms in total. The number of aryl methyl sites for hydroxylation is 1. The normalized spacial score (nSPS) is 10.5.